The van der Waals surface area contributed by atoms with Crippen molar-refractivity contribution in [1.82, 2.24) is 14.9 Å². The molecule has 1 heterocycles. The molecule has 0 bridgehead atoms. The number of carbonyl (C=O) groups is 1. The Morgan fingerprint density at radius 3 is 2.41 bits per heavy atom. The lowest BCUT2D eigenvalue weighted by Gasteiger charge is -2.36. The highest BCUT2D eigenvalue weighted by Crippen LogP contribution is 2.21. The number of hydrogen-bond donors (Lipinski definition) is 2. The Bertz CT molecular complexity index is 742. The van der Waals surface area contributed by atoms with Gasteiger partial charge in [0.25, 0.3) is 0 Å². The third kappa shape index (κ3) is 7.95. The smallest absolute Gasteiger partial charge is 0.240 e. The molecule has 0 spiro atoms. The van der Waals surface area contributed by atoms with Gasteiger partial charge < -0.3 is 15.0 Å². The molecule has 1 aromatic rings. The minimum absolute atomic E-state index is 0.0303. The first-order valence-corrected chi connectivity index (χ1v) is 11.9. The fraction of sp³-hybridized carbons (Fsp3) is 0.667. The van der Waals surface area contributed by atoms with Gasteiger partial charge in [0, 0.05) is 38.6 Å². The molecule has 1 saturated heterocycles. The van der Waals surface area contributed by atoms with Gasteiger partial charge in [-0.05, 0) is 56.4 Å². The molecular formula is C21H35N3O4S. The van der Waals surface area contributed by atoms with Gasteiger partial charge in [0.1, 0.15) is 5.75 Å². The zero-order chi connectivity index (χ0) is 21.4. The Kier molecular flexibility index (Phi) is 8.92. The minimum atomic E-state index is -3.64. The van der Waals surface area contributed by atoms with Crippen molar-refractivity contribution in [2.24, 2.45) is 11.8 Å². The first-order valence-electron chi connectivity index (χ1n) is 10.4. The summed E-state index contributed by atoms with van der Waals surface area (Å²) in [5, 5.41) is 2.97. The van der Waals surface area contributed by atoms with Crippen LogP contribution in [0.15, 0.2) is 29.2 Å². The third-order valence-corrected chi connectivity index (χ3v) is 6.45. The van der Waals surface area contributed by atoms with E-state index in [1.54, 1.807) is 12.1 Å². The predicted molar refractivity (Wildman–Crippen MR) is 114 cm³/mol. The molecule has 2 N–H and O–H groups in total. The van der Waals surface area contributed by atoms with Gasteiger partial charge in [0.05, 0.1) is 11.5 Å². The molecule has 2 rings (SSSR count). The maximum Gasteiger partial charge on any atom is 0.240 e. The van der Waals surface area contributed by atoms with E-state index >= 15 is 0 Å². The van der Waals surface area contributed by atoms with Gasteiger partial charge in [-0.3, -0.25) is 4.79 Å². The fourth-order valence-electron chi connectivity index (χ4n) is 3.98. The Hall–Kier alpha value is -1.64. The van der Waals surface area contributed by atoms with E-state index in [0.29, 0.717) is 24.2 Å². The Labute approximate surface area is 175 Å². The molecule has 3 unspecified atom stereocenters. The van der Waals surface area contributed by atoms with E-state index in [1.807, 2.05) is 13.8 Å². The summed E-state index contributed by atoms with van der Waals surface area (Å²) in [6, 6.07) is 6.26. The predicted octanol–water partition coefficient (Wildman–Crippen LogP) is 2.24. The SMILES string of the molecule is CCOc1ccc(S(=O)(=O)NCCC(=O)NC(C)CN2CC(C)CC(C)C2)cc1. The molecule has 3 atom stereocenters. The summed E-state index contributed by atoms with van der Waals surface area (Å²) in [5.41, 5.74) is 0. The van der Waals surface area contributed by atoms with Crippen molar-refractivity contribution in [3.05, 3.63) is 24.3 Å². The molecule has 1 fully saturated rings. The van der Waals surface area contributed by atoms with Crippen molar-refractivity contribution in [3.63, 3.8) is 0 Å². The molecule has 0 aliphatic carbocycles. The van der Waals surface area contributed by atoms with E-state index < -0.39 is 10.0 Å². The Morgan fingerprint density at radius 1 is 1.21 bits per heavy atom. The number of likely N-dealkylation sites (tertiary alicyclic amines) is 1. The molecule has 1 aliphatic heterocycles. The average Bonchev–Trinajstić information content (AvgIpc) is 2.61. The van der Waals surface area contributed by atoms with Crippen molar-refractivity contribution >= 4 is 15.9 Å². The number of rotatable bonds is 10. The number of amides is 1. The summed E-state index contributed by atoms with van der Waals surface area (Å²) in [6.45, 7) is 11.9. The highest BCUT2D eigenvalue weighted by atomic mass is 32.2. The summed E-state index contributed by atoms with van der Waals surface area (Å²) >= 11 is 0. The first-order chi connectivity index (χ1) is 13.7. The standard InChI is InChI=1S/C21H35N3O4S/c1-5-28-19-6-8-20(9-7-19)29(26,27)22-11-10-21(25)23-18(4)15-24-13-16(2)12-17(3)14-24/h6-9,16-18,22H,5,10-15H2,1-4H3,(H,23,25). The van der Waals surface area contributed by atoms with E-state index in [9.17, 15) is 13.2 Å². The van der Waals surface area contributed by atoms with Crippen molar-refractivity contribution < 1.29 is 17.9 Å². The molecule has 1 aromatic carbocycles. The third-order valence-electron chi connectivity index (χ3n) is 4.97. The fourth-order valence-corrected chi connectivity index (χ4v) is 5.02. The summed E-state index contributed by atoms with van der Waals surface area (Å²) < 4.78 is 32.5. The van der Waals surface area contributed by atoms with Crippen molar-refractivity contribution in [1.29, 1.82) is 0 Å². The van der Waals surface area contributed by atoms with Crippen LogP contribution < -0.4 is 14.8 Å². The maximum atomic E-state index is 12.3. The topological polar surface area (TPSA) is 87.7 Å². The molecular weight excluding hydrogens is 390 g/mol. The van der Waals surface area contributed by atoms with Crippen LogP contribution in [0.2, 0.25) is 0 Å². The second kappa shape index (κ2) is 10.9. The summed E-state index contributed by atoms with van der Waals surface area (Å²) in [5.74, 6) is 1.83. The number of nitrogens with zero attached hydrogens (tertiary/aromatic N) is 1. The van der Waals surface area contributed by atoms with Gasteiger partial charge in [-0.1, -0.05) is 13.8 Å². The average molecular weight is 426 g/mol. The normalized spacial score (nSPS) is 21.5. The van der Waals surface area contributed by atoms with Crippen molar-refractivity contribution in [2.75, 3.05) is 32.8 Å². The van der Waals surface area contributed by atoms with E-state index in [1.165, 1.54) is 18.6 Å². The monoisotopic (exact) mass is 425 g/mol. The van der Waals surface area contributed by atoms with Crippen LogP contribution in [0, 0.1) is 11.8 Å². The molecule has 1 amide bonds. The van der Waals surface area contributed by atoms with Crippen LogP contribution in [-0.4, -0.2) is 58.1 Å². The lowest BCUT2D eigenvalue weighted by molar-refractivity contribution is -0.121. The molecule has 1 aliphatic rings. The van der Waals surface area contributed by atoms with Crippen LogP contribution >= 0.6 is 0 Å². The van der Waals surface area contributed by atoms with Gasteiger partial charge in [-0.15, -0.1) is 0 Å². The van der Waals surface area contributed by atoms with Gasteiger partial charge >= 0.3 is 0 Å². The number of carbonyl (C=O) groups excluding carboxylic acids is 1. The van der Waals surface area contributed by atoms with Crippen LogP contribution in [0.4, 0.5) is 0 Å². The van der Waals surface area contributed by atoms with Crippen LogP contribution in [0.25, 0.3) is 0 Å². The molecule has 8 heteroatoms. The Balaban J connectivity index is 1.74. The second-order valence-corrected chi connectivity index (χ2v) is 9.95. The lowest BCUT2D eigenvalue weighted by atomic mass is 9.92. The van der Waals surface area contributed by atoms with Gasteiger partial charge in [-0.25, -0.2) is 13.1 Å². The summed E-state index contributed by atoms with van der Waals surface area (Å²) in [6.07, 6.45) is 1.36. The Morgan fingerprint density at radius 2 is 1.83 bits per heavy atom. The zero-order valence-corrected chi connectivity index (χ0v) is 18.8. The second-order valence-electron chi connectivity index (χ2n) is 8.19. The lowest BCUT2D eigenvalue weighted by Crippen LogP contribution is -2.47. The van der Waals surface area contributed by atoms with Crippen LogP contribution in [0.3, 0.4) is 0 Å². The summed E-state index contributed by atoms with van der Waals surface area (Å²) in [4.78, 5) is 14.7. The highest BCUT2D eigenvalue weighted by molar-refractivity contribution is 7.89. The number of hydrogen-bond acceptors (Lipinski definition) is 5. The molecule has 7 nitrogen and oxygen atoms in total. The number of piperidine rings is 1. The van der Waals surface area contributed by atoms with E-state index in [0.717, 1.165) is 19.6 Å². The van der Waals surface area contributed by atoms with Crippen LogP contribution in [0.1, 0.15) is 40.5 Å². The molecule has 29 heavy (non-hydrogen) atoms. The highest BCUT2D eigenvalue weighted by Gasteiger charge is 2.23. The maximum absolute atomic E-state index is 12.3. The van der Waals surface area contributed by atoms with E-state index in [-0.39, 0.29) is 29.8 Å². The number of ether oxygens (including phenoxy) is 1. The largest absolute Gasteiger partial charge is 0.494 e. The van der Waals surface area contributed by atoms with Crippen molar-refractivity contribution in [2.45, 2.75) is 51.5 Å². The van der Waals surface area contributed by atoms with E-state index in [4.69, 9.17) is 4.74 Å². The van der Waals surface area contributed by atoms with Crippen LogP contribution in [0.5, 0.6) is 5.75 Å². The van der Waals surface area contributed by atoms with Crippen LogP contribution in [-0.2, 0) is 14.8 Å². The zero-order valence-electron chi connectivity index (χ0n) is 18.0. The molecule has 0 saturated carbocycles. The quantitative estimate of drug-likeness (QED) is 0.600. The minimum Gasteiger partial charge on any atom is -0.494 e. The summed E-state index contributed by atoms with van der Waals surface area (Å²) in [7, 11) is -3.64. The number of sulfonamides is 1. The first kappa shape index (κ1) is 23.6. The van der Waals surface area contributed by atoms with E-state index in [2.05, 4.69) is 28.8 Å². The van der Waals surface area contributed by atoms with Gasteiger partial charge in [0.2, 0.25) is 15.9 Å². The molecule has 164 valence electrons. The van der Waals surface area contributed by atoms with Gasteiger partial charge in [-0.2, -0.15) is 0 Å². The molecule has 0 radical (unpaired) electrons. The van der Waals surface area contributed by atoms with Gasteiger partial charge in [0.15, 0.2) is 0 Å². The number of nitrogens with one attached hydrogen (secondary N) is 2. The molecule has 0 aromatic heterocycles. The van der Waals surface area contributed by atoms with Crippen molar-refractivity contribution in [3.8, 4) is 5.75 Å². The number of benzene rings is 1.